The molecule has 1 N–H and O–H groups in total. The first-order chi connectivity index (χ1) is 12.5. The van der Waals surface area contributed by atoms with Crippen molar-refractivity contribution in [2.45, 2.75) is 13.1 Å². The Labute approximate surface area is 145 Å². The smallest absolute Gasteiger partial charge is 0.315 e. The molecule has 5 nitrogen and oxygen atoms in total. The third-order valence-corrected chi connectivity index (χ3v) is 3.43. The Morgan fingerprint density at radius 1 is 1.04 bits per heavy atom. The Balaban J connectivity index is 2.06. The van der Waals surface area contributed by atoms with E-state index < -0.39 is 52.4 Å². The van der Waals surface area contributed by atoms with Gasteiger partial charge in [0.1, 0.15) is 11.4 Å². The number of carbonyl (C=O) groups is 1. The summed E-state index contributed by atoms with van der Waals surface area (Å²) < 4.78 is 93.1. The van der Waals surface area contributed by atoms with Crippen LogP contribution in [0.1, 0.15) is 21.9 Å². The predicted molar refractivity (Wildman–Crippen MR) is 77.0 cm³/mol. The molecule has 1 amide bonds. The molecule has 1 aromatic carbocycles. The molecule has 0 saturated heterocycles. The van der Waals surface area contributed by atoms with Crippen molar-refractivity contribution in [3.63, 3.8) is 0 Å². The number of alkyl halides is 3. The van der Waals surface area contributed by atoms with Crippen molar-refractivity contribution in [3.05, 3.63) is 58.5 Å². The lowest BCUT2D eigenvalue weighted by atomic mass is 10.2. The fourth-order valence-electron chi connectivity index (χ4n) is 2.27. The molecule has 2 aromatic heterocycles. The number of halogens is 7. The second kappa shape index (κ2) is 6.21. The van der Waals surface area contributed by atoms with Crippen LogP contribution in [0.15, 0.2) is 18.2 Å². The third-order valence-electron chi connectivity index (χ3n) is 3.43. The fourth-order valence-corrected chi connectivity index (χ4v) is 2.27. The van der Waals surface area contributed by atoms with Crippen LogP contribution in [0.4, 0.5) is 36.4 Å². The Morgan fingerprint density at radius 3 is 2.19 bits per heavy atom. The molecule has 27 heavy (non-hydrogen) atoms. The highest BCUT2D eigenvalue weighted by Gasteiger charge is 2.35. The maximum absolute atomic E-state index is 13.6. The van der Waals surface area contributed by atoms with E-state index in [1.54, 1.807) is 5.32 Å². The van der Waals surface area contributed by atoms with Gasteiger partial charge in [0.25, 0.3) is 5.91 Å². The molecule has 0 spiro atoms. The van der Waals surface area contributed by atoms with Gasteiger partial charge in [-0.2, -0.15) is 18.3 Å². The van der Waals surface area contributed by atoms with Gasteiger partial charge in [-0.15, -0.1) is 0 Å². The molecule has 0 bridgehead atoms. The number of benzene rings is 1. The normalized spacial score (nSPS) is 11.9. The van der Waals surface area contributed by atoms with Gasteiger partial charge in [0.2, 0.25) is 0 Å². The van der Waals surface area contributed by atoms with E-state index in [0.717, 1.165) is 6.07 Å². The van der Waals surface area contributed by atoms with Crippen molar-refractivity contribution in [2.24, 2.45) is 0 Å². The van der Waals surface area contributed by atoms with Gasteiger partial charge in [0.15, 0.2) is 34.6 Å². The van der Waals surface area contributed by atoms with Crippen LogP contribution in [0.2, 0.25) is 0 Å². The molecule has 2 heterocycles. The van der Waals surface area contributed by atoms with Gasteiger partial charge < -0.3 is 5.32 Å². The number of nitrogens with one attached hydrogen (secondary N) is 1. The summed E-state index contributed by atoms with van der Waals surface area (Å²) in [6.07, 6.45) is -4.82. The second-order valence-corrected chi connectivity index (χ2v) is 5.38. The molecular formula is C15H7F7N4O. The maximum atomic E-state index is 13.6. The van der Waals surface area contributed by atoms with Crippen molar-refractivity contribution in [1.82, 2.24) is 14.6 Å². The Morgan fingerprint density at radius 2 is 1.63 bits per heavy atom. The molecule has 0 aliphatic heterocycles. The predicted octanol–water partition coefficient (Wildman–Crippen LogP) is 3.87. The number of aromatic nitrogens is 3. The van der Waals surface area contributed by atoms with E-state index in [1.807, 2.05) is 0 Å². The van der Waals surface area contributed by atoms with Crippen molar-refractivity contribution in [3.8, 4) is 0 Å². The molecule has 0 aliphatic carbocycles. The molecule has 0 saturated carbocycles. The van der Waals surface area contributed by atoms with Gasteiger partial charge in [-0.05, 0) is 13.0 Å². The highest BCUT2D eigenvalue weighted by Crippen LogP contribution is 2.30. The maximum Gasteiger partial charge on any atom is 0.433 e. The van der Waals surface area contributed by atoms with Crippen LogP contribution in [-0.4, -0.2) is 20.5 Å². The molecule has 0 fully saturated rings. The van der Waals surface area contributed by atoms with Crippen molar-refractivity contribution >= 4 is 17.2 Å². The quantitative estimate of drug-likeness (QED) is 0.532. The molecular weight excluding hydrogens is 385 g/mol. The van der Waals surface area contributed by atoms with Crippen LogP contribution in [0.3, 0.4) is 0 Å². The van der Waals surface area contributed by atoms with Crippen LogP contribution < -0.4 is 5.32 Å². The van der Waals surface area contributed by atoms with Gasteiger partial charge in [0, 0.05) is 17.8 Å². The lowest BCUT2D eigenvalue weighted by Gasteiger charge is -2.09. The molecule has 0 atom stereocenters. The van der Waals surface area contributed by atoms with Gasteiger partial charge in [-0.3, -0.25) is 4.79 Å². The Bertz CT molecular complexity index is 1050. The van der Waals surface area contributed by atoms with E-state index in [2.05, 4.69) is 10.1 Å². The number of rotatable bonds is 2. The molecule has 3 aromatic rings. The van der Waals surface area contributed by atoms with Crippen LogP contribution in [0, 0.1) is 30.2 Å². The first-order valence-electron chi connectivity index (χ1n) is 7.08. The van der Waals surface area contributed by atoms with Gasteiger partial charge in [0.05, 0.1) is 0 Å². The summed E-state index contributed by atoms with van der Waals surface area (Å²) >= 11 is 0. The first-order valence-corrected chi connectivity index (χ1v) is 7.08. The van der Waals surface area contributed by atoms with Crippen LogP contribution in [-0.2, 0) is 6.18 Å². The van der Waals surface area contributed by atoms with Gasteiger partial charge in [-0.1, -0.05) is 0 Å². The lowest BCUT2D eigenvalue weighted by Crippen LogP contribution is -2.17. The SMILES string of the molecule is Cc1cc(C(F)(F)F)n2nc(C(=O)Nc3c(F)c(F)cc(F)c3F)cc2n1. The van der Waals surface area contributed by atoms with E-state index >= 15 is 0 Å². The van der Waals surface area contributed by atoms with Crippen molar-refractivity contribution in [1.29, 1.82) is 0 Å². The third kappa shape index (κ3) is 3.29. The summed E-state index contributed by atoms with van der Waals surface area (Å²) in [4.78, 5) is 15.9. The highest BCUT2D eigenvalue weighted by molar-refractivity contribution is 6.03. The summed E-state index contributed by atoms with van der Waals surface area (Å²) in [6.45, 7) is 1.28. The van der Waals surface area contributed by atoms with Crippen LogP contribution in [0.25, 0.3) is 5.65 Å². The highest BCUT2D eigenvalue weighted by atomic mass is 19.4. The van der Waals surface area contributed by atoms with Gasteiger partial charge in [-0.25, -0.2) is 27.1 Å². The molecule has 142 valence electrons. The summed E-state index contributed by atoms with van der Waals surface area (Å²) in [7, 11) is 0. The Kier molecular flexibility index (Phi) is 4.28. The summed E-state index contributed by atoms with van der Waals surface area (Å²) in [5.74, 6) is -8.69. The summed E-state index contributed by atoms with van der Waals surface area (Å²) in [5, 5.41) is 4.97. The fraction of sp³-hybridized carbons (Fsp3) is 0.133. The van der Waals surface area contributed by atoms with Crippen molar-refractivity contribution in [2.75, 3.05) is 5.32 Å². The number of hydrogen-bond acceptors (Lipinski definition) is 3. The van der Waals surface area contributed by atoms with E-state index in [1.165, 1.54) is 6.92 Å². The minimum Gasteiger partial charge on any atom is -0.315 e. The number of fused-ring (bicyclic) bond motifs is 1. The van der Waals surface area contributed by atoms with Crippen LogP contribution >= 0.6 is 0 Å². The number of nitrogens with zero attached hydrogens (tertiary/aromatic N) is 3. The molecule has 0 aliphatic rings. The number of amides is 1. The zero-order valence-electron chi connectivity index (χ0n) is 13.1. The number of anilines is 1. The minimum absolute atomic E-state index is 0.0222. The average Bonchev–Trinajstić information content (AvgIpc) is 2.99. The largest absolute Gasteiger partial charge is 0.433 e. The Hall–Kier alpha value is -3.18. The van der Waals surface area contributed by atoms with E-state index in [4.69, 9.17) is 0 Å². The number of aryl methyl sites for hydroxylation is 1. The number of carbonyl (C=O) groups excluding carboxylic acids is 1. The molecule has 0 radical (unpaired) electrons. The zero-order chi connectivity index (χ0) is 20.1. The topological polar surface area (TPSA) is 59.3 Å². The van der Waals surface area contributed by atoms with Gasteiger partial charge >= 0.3 is 6.18 Å². The molecule has 3 rings (SSSR count). The summed E-state index contributed by atoms with van der Waals surface area (Å²) in [5.41, 5.74) is -3.76. The minimum atomic E-state index is -4.82. The number of hydrogen-bond donors (Lipinski definition) is 1. The first kappa shape index (κ1) is 18.6. The molecule has 0 unspecified atom stereocenters. The lowest BCUT2D eigenvalue weighted by molar-refractivity contribution is -0.142. The van der Waals surface area contributed by atoms with Crippen molar-refractivity contribution < 1.29 is 35.5 Å². The van der Waals surface area contributed by atoms with E-state index in [-0.39, 0.29) is 17.4 Å². The second-order valence-electron chi connectivity index (χ2n) is 5.38. The van der Waals surface area contributed by atoms with E-state index in [0.29, 0.717) is 10.6 Å². The van der Waals surface area contributed by atoms with E-state index in [9.17, 15) is 35.5 Å². The summed E-state index contributed by atoms with van der Waals surface area (Å²) in [6, 6.07) is 1.44. The average molecular weight is 392 g/mol. The monoisotopic (exact) mass is 392 g/mol. The standard InChI is InChI=1S/C15H7F7N4O/c1-5-2-9(15(20,21)22)26-10(23-5)4-8(25-26)14(27)24-13-11(18)6(16)3-7(17)12(13)19/h2-4H,1H3,(H,24,27). The molecule has 12 heteroatoms. The zero-order valence-corrected chi connectivity index (χ0v) is 13.1. The van der Waals surface area contributed by atoms with Crippen LogP contribution in [0.5, 0.6) is 0 Å².